The molecule has 1 aliphatic heterocycles. The first-order chi connectivity index (χ1) is 7.56. The van der Waals surface area contributed by atoms with Gasteiger partial charge < -0.3 is 10.2 Å². The van der Waals surface area contributed by atoms with Crippen molar-refractivity contribution in [1.29, 1.82) is 0 Å². The van der Waals surface area contributed by atoms with Crippen molar-refractivity contribution in [2.45, 2.75) is 46.1 Å². The molecule has 0 bridgehead atoms. The van der Waals surface area contributed by atoms with Gasteiger partial charge in [-0.1, -0.05) is 20.8 Å². The zero-order chi connectivity index (χ0) is 12.1. The fourth-order valence-electron chi connectivity index (χ4n) is 2.05. The molecule has 1 aliphatic rings. The smallest absolute Gasteiger partial charge is 0.243 e. The number of carbonyl (C=O) groups excluding carboxylic acids is 2. The SMILES string of the molecule is CCC1C(=O)NCC(=O)N1CCCC(C)C. The quantitative estimate of drug-likeness (QED) is 0.764. The maximum atomic E-state index is 11.7. The highest BCUT2D eigenvalue weighted by Crippen LogP contribution is 2.12. The van der Waals surface area contributed by atoms with Crippen molar-refractivity contribution in [2.75, 3.05) is 13.1 Å². The van der Waals surface area contributed by atoms with Crippen molar-refractivity contribution in [3.63, 3.8) is 0 Å². The van der Waals surface area contributed by atoms with Gasteiger partial charge in [0.15, 0.2) is 0 Å². The summed E-state index contributed by atoms with van der Waals surface area (Å²) in [5, 5.41) is 2.63. The summed E-state index contributed by atoms with van der Waals surface area (Å²) >= 11 is 0. The lowest BCUT2D eigenvalue weighted by Crippen LogP contribution is -2.58. The summed E-state index contributed by atoms with van der Waals surface area (Å²) in [4.78, 5) is 25.0. The van der Waals surface area contributed by atoms with Gasteiger partial charge in [0.05, 0.1) is 6.54 Å². The fourth-order valence-corrected chi connectivity index (χ4v) is 2.05. The van der Waals surface area contributed by atoms with Gasteiger partial charge in [0.25, 0.3) is 0 Å². The molecule has 0 spiro atoms. The van der Waals surface area contributed by atoms with Crippen LogP contribution in [-0.2, 0) is 9.59 Å². The molecule has 1 heterocycles. The molecule has 0 saturated carbocycles. The standard InChI is InChI=1S/C12H22N2O2/c1-4-10-12(16)13-8-11(15)14(10)7-5-6-9(2)3/h9-10H,4-8H2,1-3H3,(H,13,16). The molecule has 4 heteroatoms. The molecular weight excluding hydrogens is 204 g/mol. The maximum absolute atomic E-state index is 11.7. The first-order valence-electron chi connectivity index (χ1n) is 6.13. The number of nitrogens with zero attached hydrogens (tertiary/aromatic N) is 1. The summed E-state index contributed by atoms with van der Waals surface area (Å²) < 4.78 is 0. The van der Waals surface area contributed by atoms with Crippen LogP contribution >= 0.6 is 0 Å². The molecule has 0 radical (unpaired) electrons. The summed E-state index contributed by atoms with van der Waals surface area (Å²) in [6.45, 7) is 7.16. The van der Waals surface area contributed by atoms with E-state index in [4.69, 9.17) is 0 Å². The lowest BCUT2D eigenvalue weighted by Gasteiger charge is -2.34. The Morgan fingerprint density at radius 3 is 2.69 bits per heavy atom. The summed E-state index contributed by atoms with van der Waals surface area (Å²) in [6, 6.07) is -0.256. The van der Waals surface area contributed by atoms with Crippen molar-refractivity contribution < 1.29 is 9.59 Å². The lowest BCUT2D eigenvalue weighted by molar-refractivity contribution is -0.145. The lowest BCUT2D eigenvalue weighted by atomic mass is 10.1. The minimum atomic E-state index is -0.256. The van der Waals surface area contributed by atoms with Crippen LogP contribution in [0.2, 0.25) is 0 Å². The van der Waals surface area contributed by atoms with E-state index in [1.165, 1.54) is 0 Å². The number of rotatable bonds is 5. The Morgan fingerprint density at radius 2 is 2.12 bits per heavy atom. The highest BCUT2D eigenvalue weighted by atomic mass is 16.2. The molecule has 1 saturated heterocycles. The summed E-state index contributed by atoms with van der Waals surface area (Å²) in [7, 11) is 0. The Balaban J connectivity index is 2.51. The normalized spacial score (nSPS) is 21.5. The molecule has 1 fully saturated rings. The largest absolute Gasteiger partial charge is 0.345 e. The van der Waals surface area contributed by atoms with E-state index in [0.717, 1.165) is 12.8 Å². The third kappa shape index (κ3) is 3.22. The summed E-state index contributed by atoms with van der Waals surface area (Å²) in [5.41, 5.74) is 0. The minimum Gasteiger partial charge on any atom is -0.345 e. The second-order valence-electron chi connectivity index (χ2n) is 4.77. The topological polar surface area (TPSA) is 49.4 Å². The highest BCUT2D eigenvalue weighted by Gasteiger charge is 2.32. The predicted octanol–water partition coefficient (Wildman–Crippen LogP) is 1.16. The Labute approximate surface area is 97.4 Å². The maximum Gasteiger partial charge on any atom is 0.243 e. The van der Waals surface area contributed by atoms with Gasteiger partial charge in [0, 0.05) is 6.54 Å². The Kier molecular flexibility index (Phi) is 4.77. The molecule has 16 heavy (non-hydrogen) atoms. The van der Waals surface area contributed by atoms with E-state index in [-0.39, 0.29) is 24.4 Å². The van der Waals surface area contributed by atoms with Crippen LogP contribution in [0.4, 0.5) is 0 Å². The molecule has 0 aromatic carbocycles. The molecule has 0 aromatic rings. The van der Waals surface area contributed by atoms with Gasteiger partial charge in [0.2, 0.25) is 11.8 Å². The molecule has 0 aromatic heterocycles. The van der Waals surface area contributed by atoms with Crippen LogP contribution in [0, 0.1) is 5.92 Å². The van der Waals surface area contributed by atoms with Gasteiger partial charge in [-0.25, -0.2) is 0 Å². The Bertz CT molecular complexity index is 264. The third-order valence-corrected chi connectivity index (χ3v) is 2.98. The monoisotopic (exact) mass is 226 g/mol. The van der Waals surface area contributed by atoms with Crippen molar-refractivity contribution in [1.82, 2.24) is 10.2 Å². The van der Waals surface area contributed by atoms with Crippen molar-refractivity contribution in [2.24, 2.45) is 5.92 Å². The number of amides is 2. The molecule has 1 atom stereocenters. The Hall–Kier alpha value is -1.06. The van der Waals surface area contributed by atoms with Gasteiger partial charge in [-0.3, -0.25) is 9.59 Å². The summed E-state index contributed by atoms with van der Waals surface area (Å²) in [6.07, 6.45) is 2.77. The van der Waals surface area contributed by atoms with E-state index >= 15 is 0 Å². The van der Waals surface area contributed by atoms with Gasteiger partial charge in [-0.15, -0.1) is 0 Å². The number of piperazine rings is 1. The van der Waals surface area contributed by atoms with Crippen LogP contribution in [0.3, 0.4) is 0 Å². The molecular formula is C12H22N2O2. The molecule has 2 amide bonds. The van der Waals surface area contributed by atoms with Crippen LogP contribution in [0.25, 0.3) is 0 Å². The van der Waals surface area contributed by atoms with E-state index < -0.39 is 0 Å². The number of nitrogens with one attached hydrogen (secondary N) is 1. The minimum absolute atomic E-state index is 0.00773. The average Bonchev–Trinajstić information content (AvgIpc) is 2.23. The number of carbonyl (C=O) groups is 2. The molecule has 0 aliphatic carbocycles. The van der Waals surface area contributed by atoms with Crippen LogP contribution in [0.15, 0.2) is 0 Å². The fraction of sp³-hybridized carbons (Fsp3) is 0.833. The van der Waals surface area contributed by atoms with E-state index in [1.54, 1.807) is 4.90 Å². The van der Waals surface area contributed by atoms with Crippen molar-refractivity contribution >= 4 is 11.8 Å². The first-order valence-corrected chi connectivity index (χ1v) is 6.13. The second kappa shape index (κ2) is 5.87. The van der Waals surface area contributed by atoms with E-state index in [9.17, 15) is 9.59 Å². The van der Waals surface area contributed by atoms with E-state index in [2.05, 4.69) is 19.2 Å². The number of hydrogen-bond acceptors (Lipinski definition) is 2. The van der Waals surface area contributed by atoms with Crippen molar-refractivity contribution in [3.8, 4) is 0 Å². The second-order valence-corrected chi connectivity index (χ2v) is 4.77. The van der Waals surface area contributed by atoms with Crippen LogP contribution in [-0.4, -0.2) is 35.8 Å². The molecule has 4 nitrogen and oxygen atoms in total. The highest BCUT2D eigenvalue weighted by molar-refractivity contribution is 5.94. The number of hydrogen-bond donors (Lipinski definition) is 1. The van der Waals surface area contributed by atoms with Crippen LogP contribution in [0.5, 0.6) is 0 Å². The first kappa shape index (κ1) is 13.0. The van der Waals surface area contributed by atoms with E-state index in [0.29, 0.717) is 18.9 Å². The average molecular weight is 226 g/mol. The predicted molar refractivity (Wildman–Crippen MR) is 62.9 cm³/mol. The Morgan fingerprint density at radius 1 is 1.44 bits per heavy atom. The zero-order valence-corrected chi connectivity index (χ0v) is 10.5. The van der Waals surface area contributed by atoms with Crippen molar-refractivity contribution in [3.05, 3.63) is 0 Å². The molecule has 1 N–H and O–H groups in total. The van der Waals surface area contributed by atoms with Gasteiger partial charge >= 0.3 is 0 Å². The summed E-state index contributed by atoms with van der Waals surface area (Å²) in [5.74, 6) is 0.690. The third-order valence-electron chi connectivity index (χ3n) is 2.98. The molecule has 1 rings (SSSR count). The van der Waals surface area contributed by atoms with Gasteiger partial charge in [-0.05, 0) is 25.2 Å². The van der Waals surface area contributed by atoms with Crippen LogP contribution < -0.4 is 5.32 Å². The van der Waals surface area contributed by atoms with Gasteiger partial charge in [-0.2, -0.15) is 0 Å². The molecule has 92 valence electrons. The molecule has 1 unspecified atom stereocenters. The van der Waals surface area contributed by atoms with Crippen LogP contribution in [0.1, 0.15) is 40.0 Å². The van der Waals surface area contributed by atoms with Gasteiger partial charge in [0.1, 0.15) is 6.04 Å². The zero-order valence-electron chi connectivity index (χ0n) is 10.5. The van der Waals surface area contributed by atoms with E-state index in [1.807, 2.05) is 6.92 Å².